The van der Waals surface area contributed by atoms with Crippen LogP contribution in [0.15, 0.2) is 91.0 Å². The number of carbonyl (C=O) groups excluding carboxylic acids is 2. The lowest BCUT2D eigenvalue weighted by atomic mass is 9.99. The van der Waals surface area contributed by atoms with E-state index in [-0.39, 0.29) is 24.0 Å². The molecule has 0 fully saturated rings. The molecule has 6 nitrogen and oxygen atoms in total. The van der Waals surface area contributed by atoms with Gasteiger partial charge in [0.1, 0.15) is 17.7 Å². The second-order valence-corrected chi connectivity index (χ2v) is 9.02. The molecule has 7 heteroatoms. The molecule has 0 saturated carbocycles. The zero-order chi connectivity index (χ0) is 27.8. The lowest BCUT2D eigenvalue weighted by Crippen LogP contribution is -2.24. The van der Waals surface area contributed by atoms with Gasteiger partial charge < -0.3 is 19.9 Å². The maximum Gasteiger partial charge on any atom is 0.251 e. The predicted molar refractivity (Wildman–Crippen MR) is 147 cm³/mol. The molecular weight excluding hydrogens is 497 g/mol. The second kappa shape index (κ2) is 12.8. The van der Waals surface area contributed by atoms with E-state index in [1.54, 1.807) is 66.7 Å². The number of aryl methyl sites for hydroxylation is 1. The van der Waals surface area contributed by atoms with Gasteiger partial charge in [-0.3, -0.25) is 9.59 Å². The monoisotopic (exact) mass is 527 g/mol. The number of nitrogens with one attached hydrogen (secondary N) is 1. The van der Waals surface area contributed by atoms with Crippen molar-refractivity contribution in [2.24, 2.45) is 0 Å². The Morgan fingerprint density at radius 1 is 0.923 bits per heavy atom. The molecule has 0 aliphatic carbocycles. The van der Waals surface area contributed by atoms with E-state index in [9.17, 15) is 19.1 Å². The van der Waals surface area contributed by atoms with Gasteiger partial charge in [-0.15, -0.1) is 0 Å². The van der Waals surface area contributed by atoms with Gasteiger partial charge in [0.25, 0.3) is 5.91 Å². The van der Waals surface area contributed by atoms with Gasteiger partial charge in [0.2, 0.25) is 0 Å². The first kappa shape index (κ1) is 27.5. The largest absolute Gasteiger partial charge is 0.493 e. The molecule has 0 saturated heterocycles. The minimum absolute atomic E-state index is 0.232. The Morgan fingerprint density at radius 2 is 1.67 bits per heavy atom. The highest BCUT2D eigenvalue weighted by Gasteiger charge is 2.19. The van der Waals surface area contributed by atoms with Crippen LogP contribution in [0.5, 0.6) is 17.2 Å². The number of hydrogen-bond acceptors (Lipinski definition) is 5. The lowest BCUT2D eigenvalue weighted by Gasteiger charge is -2.14. The van der Waals surface area contributed by atoms with Crippen LogP contribution in [0.1, 0.15) is 56.9 Å². The van der Waals surface area contributed by atoms with Crippen LogP contribution in [-0.4, -0.2) is 23.9 Å². The van der Waals surface area contributed by atoms with Crippen LogP contribution in [0.25, 0.3) is 0 Å². The summed E-state index contributed by atoms with van der Waals surface area (Å²) >= 11 is 0. The van der Waals surface area contributed by atoms with E-state index in [1.807, 2.05) is 13.0 Å². The highest BCUT2D eigenvalue weighted by molar-refractivity contribution is 6.00. The quantitative estimate of drug-likeness (QED) is 0.220. The number of ketones is 1. The number of halogens is 1. The SMILES string of the molecule is CCCc1cc(Oc2ccc(F)cc2OC)ccc1C(=O)NCc1ccc(C(=O)C(O)c2ccccc2)cc1. The van der Waals surface area contributed by atoms with Crippen LogP contribution in [-0.2, 0) is 13.0 Å². The Kier molecular flexibility index (Phi) is 9.07. The molecular formula is C32H30FNO5. The molecule has 0 aromatic heterocycles. The molecule has 4 rings (SSSR count). The van der Waals surface area contributed by atoms with Gasteiger partial charge in [0, 0.05) is 23.7 Å². The van der Waals surface area contributed by atoms with Crippen LogP contribution in [0.3, 0.4) is 0 Å². The minimum Gasteiger partial charge on any atom is -0.493 e. The molecule has 39 heavy (non-hydrogen) atoms. The fourth-order valence-electron chi connectivity index (χ4n) is 4.19. The van der Waals surface area contributed by atoms with E-state index in [4.69, 9.17) is 9.47 Å². The third-order valence-corrected chi connectivity index (χ3v) is 6.25. The number of ether oxygens (including phenoxy) is 2. The molecule has 4 aromatic rings. The van der Waals surface area contributed by atoms with Crippen molar-refractivity contribution in [1.29, 1.82) is 0 Å². The second-order valence-electron chi connectivity index (χ2n) is 9.02. The molecule has 0 aliphatic rings. The van der Waals surface area contributed by atoms with Crippen molar-refractivity contribution >= 4 is 11.7 Å². The average Bonchev–Trinajstić information content (AvgIpc) is 2.97. The summed E-state index contributed by atoms with van der Waals surface area (Å²) in [5.74, 6) is 0.111. The first-order chi connectivity index (χ1) is 18.9. The van der Waals surface area contributed by atoms with Crippen molar-refractivity contribution in [2.45, 2.75) is 32.4 Å². The molecule has 0 aliphatic heterocycles. The van der Waals surface area contributed by atoms with Gasteiger partial charge in [-0.05, 0) is 53.4 Å². The first-order valence-corrected chi connectivity index (χ1v) is 12.7. The Morgan fingerprint density at radius 3 is 2.36 bits per heavy atom. The zero-order valence-electron chi connectivity index (χ0n) is 21.8. The fourth-order valence-corrected chi connectivity index (χ4v) is 4.19. The number of benzene rings is 4. The summed E-state index contributed by atoms with van der Waals surface area (Å²) < 4.78 is 24.6. The van der Waals surface area contributed by atoms with E-state index in [2.05, 4.69) is 5.32 Å². The number of aliphatic hydroxyl groups excluding tert-OH is 1. The summed E-state index contributed by atoms with van der Waals surface area (Å²) in [6.45, 7) is 2.29. The van der Waals surface area contributed by atoms with Crippen LogP contribution in [0.4, 0.5) is 4.39 Å². The van der Waals surface area contributed by atoms with Gasteiger partial charge >= 0.3 is 0 Å². The van der Waals surface area contributed by atoms with Crippen molar-refractivity contribution in [1.82, 2.24) is 5.32 Å². The standard InChI is InChI=1S/C32H30FNO5/c1-3-7-24-18-26(39-28-17-14-25(33)19-29(28)38-2)15-16-27(24)32(37)34-20-21-10-12-23(13-11-21)31(36)30(35)22-8-5-4-6-9-22/h4-6,8-19,30,35H,3,7,20H2,1-2H3,(H,34,37). The van der Waals surface area contributed by atoms with Gasteiger partial charge in [-0.25, -0.2) is 4.39 Å². The van der Waals surface area contributed by atoms with Crippen molar-refractivity contribution < 1.29 is 28.6 Å². The highest BCUT2D eigenvalue weighted by atomic mass is 19.1. The number of Topliss-reactive ketones (excluding diaryl/α,β-unsaturated/α-hetero) is 1. The molecule has 200 valence electrons. The van der Waals surface area contributed by atoms with Crippen LogP contribution >= 0.6 is 0 Å². The Bertz CT molecular complexity index is 1440. The topological polar surface area (TPSA) is 84.9 Å². The third kappa shape index (κ3) is 6.89. The molecule has 0 bridgehead atoms. The van der Waals surface area contributed by atoms with Crippen molar-refractivity contribution in [3.8, 4) is 17.2 Å². The molecule has 4 aromatic carbocycles. The van der Waals surface area contributed by atoms with Crippen LogP contribution in [0, 0.1) is 5.82 Å². The van der Waals surface area contributed by atoms with Crippen molar-refractivity contribution in [3.05, 3.63) is 125 Å². The molecule has 0 heterocycles. The van der Waals surface area contributed by atoms with Gasteiger partial charge in [-0.2, -0.15) is 0 Å². The third-order valence-electron chi connectivity index (χ3n) is 6.25. The summed E-state index contributed by atoms with van der Waals surface area (Å²) in [5, 5.41) is 13.3. The van der Waals surface area contributed by atoms with Crippen molar-refractivity contribution in [3.63, 3.8) is 0 Å². The normalized spacial score (nSPS) is 11.5. The van der Waals surface area contributed by atoms with Gasteiger partial charge in [0.15, 0.2) is 17.3 Å². The predicted octanol–water partition coefficient (Wildman–Crippen LogP) is 6.43. The molecule has 1 amide bonds. The smallest absolute Gasteiger partial charge is 0.251 e. The molecule has 0 radical (unpaired) electrons. The van der Waals surface area contributed by atoms with Gasteiger partial charge in [-0.1, -0.05) is 67.9 Å². The number of hydrogen-bond donors (Lipinski definition) is 2. The van der Waals surface area contributed by atoms with E-state index < -0.39 is 11.9 Å². The minimum atomic E-state index is -1.23. The maximum absolute atomic E-state index is 13.5. The number of methoxy groups -OCH3 is 1. The van der Waals surface area contributed by atoms with E-state index in [1.165, 1.54) is 25.3 Å². The molecule has 2 N–H and O–H groups in total. The number of carbonyl (C=O) groups is 2. The molecule has 0 spiro atoms. The van der Waals surface area contributed by atoms with E-state index in [0.29, 0.717) is 34.6 Å². The lowest BCUT2D eigenvalue weighted by molar-refractivity contribution is 0.0747. The Hall–Kier alpha value is -4.49. The van der Waals surface area contributed by atoms with Crippen molar-refractivity contribution in [2.75, 3.05) is 7.11 Å². The Labute approximate surface area is 227 Å². The van der Waals surface area contributed by atoms with Gasteiger partial charge in [0.05, 0.1) is 7.11 Å². The van der Waals surface area contributed by atoms with E-state index in [0.717, 1.165) is 17.5 Å². The fraction of sp³-hybridized carbons (Fsp3) is 0.188. The number of amides is 1. The summed E-state index contributed by atoms with van der Waals surface area (Å²) in [6, 6.07) is 24.8. The average molecular weight is 528 g/mol. The summed E-state index contributed by atoms with van der Waals surface area (Å²) in [7, 11) is 1.44. The summed E-state index contributed by atoms with van der Waals surface area (Å²) in [5.41, 5.74) is 3.10. The first-order valence-electron chi connectivity index (χ1n) is 12.7. The zero-order valence-corrected chi connectivity index (χ0v) is 21.8. The number of aliphatic hydroxyl groups is 1. The summed E-state index contributed by atoms with van der Waals surface area (Å²) in [4.78, 5) is 25.7. The van der Waals surface area contributed by atoms with Crippen LogP contribution < -0.4 is 14.8 Å². The Balaban J connectivity index is 1.42. The molecule has 1 atom stereocenters. The van der Waals surface area contributed by atoms with E-state index >= 15 is 0 Å². The van der Waals surface area contributed by atoms with Crippen LogP contribution in [0.2, 0.25) is 0 Å². The maximum atomic E-state index is 13.5. The summed E-state index contributed by atoms with van der Waals surface area (Å²) in [6.07, 6.45) is 0.263. The number of rotatable bonds is 11. The molecule has 1 unspecified atom stereocenters. The highest BCUT2D eigenvalue weighted by Crippen LogP contribution is 2.33.